The maximum atomic E-state index is 12.8. The van der Waals surface area contributed by atoms with E-state index in [1.54, 1.807) is 0 Å². The number of para-hydroxylation sites is 2. The SMILES string of the molecule is O=C(Cn1c(Cc2ccccc2)nc2ccccc21)N1CCCCC1. The van der Waals surface area contributed by atoms with E-state index >= 15 is 0 Å². The molecule has 1 amide bonds. The lowest BCUT2D eigenvalue weighted by atomic mass is 10.1. The van der Waals surface area contributed by atoms with E-state index in [2.05, 4.69) is 22.8 Å². The van der Waals surface area contributed by atoms with E-state index in [-0.39, 0.29) is 5.91 Å². The van der Waals surface area contributed by atoms with E-state index in [0.29, 0.717) is 6.54 Å². The molecular weight excluding hydrogens is 310 g/mol. The lowest BCUT2D eigenvalue weighted by molar-refractivity contribution is -0.132. The smallest absolute Gasteiger partial charge is 0.242 e. The average Bonchev–Trinajstić information content (AvgIpc) is 3.00. The van der Waals surface area contributed by atoms with E-state index in [1.807, 2.05) is 41.3 Å². The van der Waals surface area contributed by atoms with Crippen molar-refractivity contribution in [2.75, 3.05) is 13.1 Å². The average molecular weight is 333 g/mol. The summed E-state index contributed by atoms with van der Waals surface area (Å²) in [5, 5.41) is 0. The number of hydrogen-bond donors (Lipinski definition) is 0. The normalized spacial score (nSPS) is 14.8. The molecule has 0 saturated carbocycles. The van der Waals surface area contributed by atoms with Crippen molar-refractivity contribution in [3.05, 3.63) is 66.0 Å². The summed E-state index contributed by atoms with van der Waals surface area (Å²) < 4.78 is 2.10. The van der Waals surface area contributed by atoms with Crippen LogP contribution in [-0.2, 0) is 17.8 Å². The van der Waals surface area contributed by atoms with E-state index in [9.17, 15) is 4.79 Å². The fraction of sp³-hybridized carbons (Fsp3) is 0.333. The maximum Gasteiger partial charge on any atom is 0.242 e. The first-order valence-electron chi connectivity index (χ1n) is 9.07. The summed E-state index contributed by atoms with van der Waals surface area (Å²) >= 11 is 0. The third-order valence-corrected chi connectivity index (χ3v) is 4.94. The zero-order chi connectivity index (χ0) is 17.1. The molecule has 0 bridgehead atoms. The summed E-state index contributed by atoms with van der Waals surface area (Å²) in [5.41, 5.74) is 3.21. The molecule has 0 spiro atoms. The van der Waals surface area contributed by atoms with Crippen LogP contribution in [0, 0.1) is 0 Å². The number of benzene rings is 2. The molecule has 1 aliphatic heterocycles. The standard InChI is InChI=1S/C21H23N3O/c25-21(23-13-7-2-8-14-23)16-24-19-12-6-5-11-18(19)22-20(24)15-17-9-3-1-4-10-17/h1,3-6,9-12H,2,7-8,13-16H2. The molecule has 1 aliphatic rings. The molecule has 0 atom stereocenters. The number of carbonyl (C=O) groups excluding carboxylic acids is 1. The largest absolute Gasteiger partial charge is 0.341 e. The molecule has 0 N–H and O–H groups in total. The number of piperidine rings is 1. The summed E-state index contributed by atoms with van der Waals surface area (Å²) in [5.74, 6) is 1.16. The molecule has 1 saturated heterocycles. The molecule has 0 radical (unpaired) electrons. The first-order valence-corrected chi connectivity index (χ1v) is 9.07. The Morgan fingerprint density at radius 2 is 1.64 bits per heavy atom. The number of rotatable bonds is 4. The topological polar surface area (TPSA) is 38.1 Å². The fourth-order valence-electron chi connectivity index (χ4n) is 3.59. The lowest BCUT2D eigenvalue weighted by Gasteiger charge is -2.27. The van der Waals surface area contributed by atoms with Gasteiger partial charge in [-0.1, -0.05) is 42.5 Å². The monoisotopic (exact) mass is 333 g/mol. The number of fused-ring (bicyclic) bond motifs is 1. The van der Waals surface area contributed by atoms with E-state index in [0.717, 1.165) is 49.2 Å². The van der Waals surface area contributed by atoms with Gasteiger partial charge in [-0.15, -0.1) is 0 Å². The van der Waals surface area contributed by atoms with Crippen LogP contribution in [-0.4, -0.2) is 33.4 Å². The highest BCUT2D eigenvalue weighted by atomic mass is 16.2. The summed E-state index contributed by atoms with van der Waals surface area (Å²) in [4.78, 5) is 19.6. The Labute approximate surface area is 148 Å². The van der Waals surface area contributed by atoms with Gasteiger partial charge in [0.2, 0.25) is 5.91 Å². The highest BCUT2D eigenvalue weighted by Crippen LogP contribution is 2.19. The van der Waals surface area contributed by atoms with Gasteiger partial charge in [-0.3, -0.25) is 4.79 Å². The van der Waals surface area contributed by atoms with E-state index in [4.69, 9.17) is 4.98 Å². The molecule has 4 nitrogen and oxygen atoms in total. The van der Waals surface area contributed by atoms with Crippen LogP contribution < -0.4 is 0 Å². The third kappa shape index (κ3) is 3.43. The van der Waals surface area contributed by atoms with Crippen molar-refractivity contribution in [1.82, 2.24) is 14.5 Å². The van der Waals surface area contributed by atoms with Crippen molar-refractivity contribution in [2.45, 2.75) is 32.2 Å². The van der Waals surface area contributed by atoms with Crippen molar-refractivity contribution in [3.8, 4) is 0 Å². The Hall–Kier alpha value is -2.62. The van der Waals surface area contributed by atoms with E-state index < -0.39 is 0 Å². The van der Waals surface area contributed by atoms with Gasteiger partial charge in [0.05, 0.1) is 11.0 Å². The Kier molecular flexibility index (Phi) is 4.51. The molecule has 128 valence electrons. The molecule has 25 heavy (non-hydrogen) atoms. The highest BCUT2D eigenvalue weighted by Gasteiger charge is 2.19. The van der Waals surface area contributed by atoms with Gasteiger partial charge in [0.1, 0.15) is 12.4 Å². The van der Waals surface area contributed by atoms with Crippen molar-refractivity contribution in [3.63, 3.8) is 0 Å². The predicted octanol–water partition coefficient (Wildman–Crippen LogP) is 3.64. The number of imidazole rings is 1. The first-order chi connectivity index (χ1) is 12.3. The number of aromatic nitrogens is 2. The highest BCUT2D eigenvalue weighted by molar-refractivity contribution is 5.81. The zero-order valence-electron chi connectivity index (χ0n) is 14.4. The molecule has 1 fully saturated rings. The van der Waals surface area contributed by atoms with Crippen LogP contribution >= 0.6 is 0 Å². The molecule has 1 aromatic heterocycles. The van der Waals surface area contributed by atoms with Crippen LogP contribution in [0.3, 0.4) is 0 Å². The minimum absolute atomic E-state index is 0.206. The fourth-order valence-corrected chi connectivity index (χ4v) is 3.59. The van der Waals surface area contributed by atoms with Gasteiger partial charge in [-0.25, -0.2) is 4.98 Å². The Balaban J connectivity index is 1.65. The van der Waals surface area contributed by atoms with Crippen LogP contribution in [0.15, 0.2) is 54.6 Å². The van der Waals surface area contributed by atoms with Gasteiger partial charge in [0, 0.05) is 19.5 Å². The molecule has 2 aromatic carbocycles. The van der Waals surface area contributed by atoms with Gasteiger partial charge >= 0.3 is 0 Å². The second-order valence-electron chi connectivity index (χ2n) is 6.71. The quantitative estimate of drug-likeness (QED) is 0.731. The van der Waals surface area contributed by atoms with Crippen LogP contribution in [0.2, 0.25) is 0 Å². The van der Waals surface area contributed by atoms with Gasteiger partial charge in [-0.2, -0.15) is 0 Å². The van der Waals surface area contributed by atoms with Crippen molar-refractivity contribution < 1.29 is 4.79 Å². The van der Waals surface area contributed by atoms with Crippen LogP contribution in [0.25, 0.3) is 11.0 Å². The number of hydrogen-bond acceptors (Lipinski definition) is 2. The summed E-state index contributed by atoms with van der Waals surface area (Å²) in [6.45, 7) is 2.15. The minimum atomic E-state index is 0.206. The number of nitrogens with zero attached hydrogens (tertiary/aromatic N) is 3. The molecule has 0 unspecified atom stereocenters. The number of likely N-dealkylation sites (tertiary alicyclic amines) is 1. The second kappa shape index (κ2) is 7.09. The summed E-state index contributed by atoms with van der Waals surface area (Å²) in [6.07, 6.45) is 4.21. The maximum absolute atomic E-state index is 12.8. The number of carbonyl (C=O) groups is 1. The zero-order valence-corrected chi connectivity index (χ0v) is 14.4. The van der Waals surface area contributed by atoms with Crippen molar-refractivity contribution in [2.24, 2.45) is 0 Å². The summed E-state index contributed by atoms with van der Waals surface area (Å²) in [6, 6.07) is 18.4. The molecule has 3 aromatic rings. The molecule has 4 rings (SSSR count). The van der Waals surface area contributed by atoms with E-state index in [1.165, 1.54) is 12.0 Å². The van der Waals surface area contributed by atoms with Gasteiger partial charge in [0.15, 0.2) is 0 Å². The predicted molar refractivity (Wildman–Crippen MR) is 99.4 cm³/mol. The lowest BCUT2D eigenvalue weighted by Crippen LogP contribution is -2.38. The molecular formula is C21H23N3O. The first kappa shape index (κ1) is 15.9. The molecule has 2 heterocycles. The summed E-state index contributed by atoms with van der Waals surface area (Å²) in [7, 11) is 0. The Morgan fingerprint density at radius 1 is 0.920 bits per heavy atom. The van der Waals surface area contributed by atoms with Crippen molar-refractivity contribution in [1.29, 1.82) is 0 Å². The Morgan fingerprint density at radius 3 is 2.44 bits per heavy atom. The Bertz CT molecular complexity index is 863. The van der Waals surface area contributed by atoms with Crippen molar-refractivity contribution >= 4 is 16.9 Å². The minimum Gasteiger partial charge on any atom is -0.341 e. The molecule has 4 heteroatoms. The van der Waals surface area contributed by atoms with Crippen LogP contribution in [0.1, 0.15) is 30.7 Å². The van der Waals surface area contributed by atoms with Gasteiger partial charge in [-0.05, 0) is 37.0 Å². The second-order valence-corrected chi connectivity index (χ2v) is 6.71. The van der Waals surface area contributed by atoms with Crippen LogP contribution in [0.5, 0.6) is 0 Å². The number of amides is 1. The van der Waals surface area contributed by atoms with Crippen LogP contribution in [0.4, 0.5) is 0 Å². The third-order valence-electron chi connectivity index (χ3n) is 4.94. The van der Waals surface area contributed by atoms with Gasteiger partial charge in [0.25, 0.3) is 0 Å². The molecule has 0 aliphatic carbocycles. The van der Waals surface area contributed by atoms with Gasteiger partial charge < -0.3 is 9.47 Å².